The summed E-state index contributed by atoms with van der Waals surface area (Å²) in [5, 5.41) is 14.3. The van der Waals surface area contributed by atoms with E-state index in [0.29, 0.717) is 19.4 Å². The molecule has 1 aromatic carbocycles. The quantitative estimate of drug-likeness (QED) is 0.469. The summed E-state index contributed by atoms with van der Waals surface area (Å²) in [5.74, 6) is -1.18. The predicted octanol–water partition coefficient (Wildman–Crippen LogP) is 2.40. The molecule has 0 bridgehead atoms. The van der Waals surface area contributed by atoms with Crippen molar-refractivity contribution in [3.05, 3.63) is 35.9 Å². The summed E-state index contributed by atoms with van der Waals surface area (Å²) in [7, 11) is 0. The van der Waals surface area contributed by atoms with Gasteiger partial charge in [0.05, 0.1) is 18.2 Å². The summed E-state index contributed by atoms with van der Waals surface area (Å²) in [6, 6.07) is 8.77. The molecule has 0 fully saturated rings. The van der Waals surface area contributed by atoms with Crippen molar-refractivity contribution in [3.63, 3.8) is 0 Å². The molecule has 0 saturated heterocycles. The lowest BCUT2D eigenvalue weighted by Crippen LogP contribution is -2.48. The first-order valence-electron chi connectivity index (χ1n) is 10.7. The van der Waals surface area contributed by atoms with E-state index >= 15 is 0 Å². The average Bonchev–Trinajstić information content (AvgIpc) is 2.64. The van der Waals surface area contributed by atoms with Gasteiger partial charge < -0.3 is 20.5 Å². The zero-order valence-corrected chi connectivity index (χ0v) is 19.7. The number of amides is 2. The third-order valence-electron chi connectivity index (χ3n) is 4.78. The van der Waals surface area contributed by atoms with Gasteiger partial charge in [-0.05, 0) is 51.5 Å². The molecule has 0 heterocycles. The van der Waals surface area contributed by atoms with Crippen molar-refractivity contribution >= 4 is 17.6 Å². The molecule has 2 amide bonds. The molecule has 3 N–H and O–H groups in total. The van der Waals surface area contributed by atoms with E-state index < -0.39 is 24.0 Å². The number of ketones is 1. The number of hydrogen-bond acceptors (Lipinski definition) is 5. The number of hydrogen-bond donors (Lipinski definition) is 3. The summed E-state index contributed by atoms with van der Waals surface area (Å²) in [5.41, 5.74) is 0.409. The highest BCUT2D eigenvalue weighted by Crippen LogP contribution is 2.27. The summed E-state index contributed by atoms with van der Waals surface area (Å²) in [4.78, 5) is 37.0. The maximum Gasteiger partial charge on any atom is 0.248 e. The van der Waals surface area contributed by atoms with Crippen molar-refractivity contribution in [2.24, 2.45) is 5.41 Å². The molecule has 7 heteroatoms. The van der Waals surface area contributed by atoms with E-state index in [4.69, 9.17) is 4.74 Å². The Balaban J connectivity index is 2.78. The largest absolute Gasteiger partial charge is 0.384 e. The molecular formula is C24H38N2O5. The predicted molar refractivity (Wildman–Crippen MR) is 120 cm³/mol. The van der Waals surface area contributed by atoms with Crippen molar-refractivity contribution < 1.29 is 24.2 Å². The van der Waals surface area contributed by atoms with E-state index in [2.05, 4.69) is 10.6 Å². The topological polar surface area (TPSA) is 105 Å². The molecule has 2 atom stereocenters. The Labute approximate surface area is 185 Å². The van der Waals surface area contributed by atoms with Crippen LogP contribution in [0.2, 0.25) is 0 Å². The van der Waals surface area contributed by atoms with Crippen LogP contribution in [0.3, 0.4) is 0 Å². The normalized spacial score (nSPS) is 13.9. The van der Waals surface area contributed by atoms with Crippen molar-refractivity contribution in [3.8, 4) is 0 Å². The average molecular weight is 435 g/mol. The van der Waals surface area contributed by atoms with Crippen LogP contribution in [0.5, 0.6) is 0 Å². The monoisotopic (exact) mass is 434 g/mol. The number of ether oxygens (including phenoxy) is 1. The second-order valence-corrected chi connectivity index (χ2v) is 9.72. The standard InChI is InChI=1S/C24H38N2O5/c1-17(27)22(30)25-16-21(29)26-19(14-18-10-8-7-9-11-18)20(28)15-24(5,6)12-13-31-23(2,3)4/h7-11,17,19,27H,12-16H2,1-6H3,(H,25,30)(H,26,29). The van der Waals surface area contributed by atoms with E-state index in [1.54, 1.807) is 0 Å². The van der Waals surface area contributed by atoms with Gasteiger partial charge >= 0.3 is 0 Å². The van der Waals surface area contributed by atoms with E-state index in [9.17, 15) is 19.5 Å². The molecule has 1 rings (SSSR count). The molecule has 1 aromatic rings. The zero-order valence-electron chi connectivity index (χ0n) is 19.7. The number of rotatable bonds is 12. The third-order valence-corrected chi connectivity index (χ3v) is 4.78. The fraction of sp³-hybridized carbons (Fsp3) is 0.625. The number of aliphatic hydroxyl groups is 1. The van der Waals surface area contributed by atoms with Crippen molar-refractivity contribution in [2.45, 2.75) is 78.6 Å². The van der Waals surface area contributed by atoms with Gasteiger partial charge in [0.2, 0.25) is 11.8 Å². The Bertz CT molecular complexity index is 723. The summed E-state index contributed by atoms with van der Waals surface area (Å²) in [6.07, 6.45) is 0.167. The van der Waals surface area contributed by atoms with Crippen molar-refractivity contribution in [1.82, 2.24) is 10.6 Å². The third kappa shape index (κ3) is 11.6. The lowest BCUT2D eigenvalue weighted by molar-refractivity contribution is -0.132. The summed E-state index contributed by atoms with van der Waals surface area (Å²) in [6.45, 7) is 11.6. The van der Waals surface area contributed by atoms with Crippen molar-refractivity contribution in [1.29, 1.82) is 0 Å². The van der Waals surface area contributed by atoms with Crippen LogP contribution in [0.25, 0.3) is 0 Å². The lowest BCUT2D eigenvalue weighted by atomic mass is 9.82. The Morgan fingerprint density at radius 2 is 1.68 bits per heavy atom. The molecule has 0 spiro atoms. The van der Waals surface area contributed by atoms with Gasteiger partial charge in [0, 0.05) is 13.0 Å². The first-order chi connectivity index (χ1) is 14.3. The highest BCUT2D eigenvalue weighted by molar-refractivity contribution is 5.92. The van der Waals surface area contributed by atoms with Crippen LogP contribution in [-0.4, -0.2) is 53.6 Å². The fourth-order valence-corrected chi connectivity index (χ4v) is 2.97. The number of nitrogens with one attached hydrogen (secondary N) is 2. The van der Waals surface area contributed by atoms with E-state index in [1.807, 2.05) is 65.0 Å². The number of carbonyl (C=O) groups excluding carboxylic acids is 3. The maximum absolute atomic E-state index is 13.1. The van der Waals surface area contributed by atoms with Gasteiger partial charge in [-0.3, -0.25) is 14.4 Å². The molecule has 31 heavy (non-hydrogen) atoms. The number of benzene rings is 1. The molecule has 0 aliphatic carbocycles. The first-order valence-corrected chi connectivity index (χ1v) is 10.7. The number of aliphatic hydroxyl groups excluding tert-OH is 1. The molecule has 174 valence electrons. The smallest absolute Gasteiger partial charge is 0.248 e. The highest BCUT2D eigenvalue weighted by atomic mass is 16.5. The fourth-order valence-electron chi connectivity index (χ4n) is 2.97. The van der Waals surface area contributed by atoms with Crippen LogP contribution in [-0.2, 0) is 25.5 Å². The number of carbonyl (C=O) groups is 3. The first kappa shape index (κ1) is 26.8. The molecule has 0 aromatic heterocycles. The molecule has 0 aliphatic heterocycles. The minimum Gasteiger partial charge on any atom is -0.384 e. The van der Waals surface area contributed by atoms with Gasteiger partial charge in [0.15, 0.2) is 5.78 Å². The van der Waals surface area contributed by atoms with Crippen LogP contribution >= 0.6 is 0 Å². The molecule has 0 radical (unpaired) electrons. The van der Waals surface area contributed by atoms with Gasteiger partial charge in [0.25, 0.3) is 0 Å². The van der Waals surface area contributed by atoms with Gasteiger partial charge in [-0.25, -0.2) is 0 Å². The van der Waals surface area contributed by atoms with E-state index in [1.165, 1.54) is 6.92 Å². The lowest BCUT2D eigenvalue weighted by Gasteiger charge is -2.29. The SMILES string of the molecule is CC(O)C(=O)NCC(=O)NC(Cc1ccccc1)C(=O)CC(C)(C)CCOC(C)(C)C. The van der Waals surface area contributed by atoms with Gasteiger partial charge in [-0.1, -0.05) is 44.2 Å². The van der Waals surface area contributed by atoms with Crippen LogP contribution in [0.15, 0.2) is 30.3 Å². The molecule has 0 aliphatic rings. The van der Waals surface area contributed by atoms with E-state index in [0.717, 1.165) is 5.56 Å². The Morgan fingerprint density at radius 1 is 1.06 bits per heavy atom. The second kappa shape index (κ2) is 12.0. The summed E-state index contributed by atoms with van der Waals surface area (Å²) >= 11 is 0. The Hall–Kier alpha value is -2.25. The van der Waals surface area contributed by atoms with Crippen LogP contribution in [0.4, 0.5) is 0 Å². The Kier molecular flexibility index (Phi) is 10.3. The van der Waals surface area contributed by atoms with Crippen LogP contribution in [0, 0.1) is 5.41 Å². The molecular weight excluding hydrogens is 396 g/mol. The Morgan fingerprint density at radius 3 is 2.23 bits per heavy atom. The molecule has 0 saturated carbocycles. The molecule has 7 nitrogen and oxygen atoms in total. The minimum absolute atomic E-state index is 0.0696. The van der Waals surface area contributed by atoms with Gasteiger partial charge in [-0.15, -0.1) is 0 Å². The highest BCUT2D eigenvalue weighted by Gasteiger charge is 2.29. The van der Waals surface area contributed by atoms with Crippen LogP contribution in [0.1, 0.15) is 59.9 Å². The number of Topliss-reactive ketones (excluding diaryl/α,β-unsaturated/α-hetero) is 1. The molecule has 2 unspecified atom stereocenters. The zero-order chi connectivity index (χ0) is 23.7. The minimum atomic E-state index is -1.20. The van der Waals surface area contributed by atoms with Crippen LogP contribution < -0.4 is 10.6 Å². The summed E-state index contributed by atoms with van der Waals surface area (Å²) < 4.78 is 5.80. The van der Waals surface area contributed by atoms with Gasteiger partial charge in [-0.2, -0.15) is 0 Å². The maximum atomic E-state index is 13.1. The van der Waals surface area contributed by atoms with Crippen molar-refractivity contribution in [2.75, 3.05) is 13.2 Å². The van der Waals surface area contributed by atoms with Gasteiger partial charge in [0.1, 0.15) is 6.10 Å². The van der Waals surface area contributed by atoms with E-state index in [-0.39, 0.29) is 29.8 Å². The second-order valence-electron chi connectivity index (χ2n) is 9.72.